The van der Waals surface area contributed by atoms with Crippen molar-refractivity contribution in [3.63, 3.8) is 0 Å². The van der Waals surface area contributed by atoms with Crippen LogP contribution in [0.2, 0.25) is 0 Å². The first kappa shape index (κ1) is 17.1. The highest BCUT2D eigenvalue weighted by Crippen LogP contribution is 2.26. The predicted octanol–water partition coefficient (Wildman–Crippen LogP) is 1.63. The van der Waals surface area contributed by atoms with Crippen molar-refractivity contribution in [3.05, 3.63) is 24.3 Å². The number of ketones is 2. The first-order valence-electron chi connectivity index (χ1n) is 7.85. The molecule has 0 heterocycles. The van der Waals surface area contributed by atoms with Crippen LogP contribution in [0.1, 0.15) is 25.7 Å². The third-order valence-electron chi connectivity index (χ3n) is 4.35. The predicted molar refractivity (Wildman–Crippen MR) is 83.3 cm³/mol. The molecule has 0 saturated heterocycles. The van der Waals surface area contributed by atoms with Crippen molar-refractivity contribution in [1.29, 1.82) is 0 Å². The molecule has 2 aliphatic carbocycles. The van der Waals surface area contributed by atoms with Gasteiger partial charge in [0.1, 0.15) is 5.78 Å². The van der Waals surface area contributed by atoms with Gasteiger partial charge in [-0.15, -0.1) is 0 Å². The maximum Gasteiger partial charge on any atom is 0.161 e. The fourth-order valence-electron chi connectivity index (χ4n) is 3.13. The van der Waals surface area contributed by atoms with Crippen LogP contribution in [0.5, 0.6) is 0 Å². The summed E-state index contributed by atoms with van der Waals surface area (Å²) in [5, 5.41) is 3.26. The minimum atomic E-state index is -0.480. The number of hydrogen-bond acceptors (Lipinski definition) is 5. The zero-order chi connectivity index (χ0) is 15.9. The summed E-state index contributed by atoms with van der Waals surface area (Å²) in [4.78, 5) is 24.1. The van der Waals surface area contributed by atoms with E-state index in [2.05, 4.69) is 5.32 Å². The van der Waals surface area contributed by atoms with E-state index in [9.17, 15) is 9.59 Å². The summed E-state index contributed by atoms with van der Waals surface area (Å²) in [6.45, 7) is 0.494. The molecule has 0 aliphatic heterocycles. The average molecular weight is 307 g/mol. The Morgan fingerprint density at radius 2 is 1.73 bits per heavy atom. The molecule has 0 aromatic carbocycles. The van der Waals surface area contributed by atoms with Gasteiger partial charge in [-0.3, -0.25) is 9.59 Å². The lowest BCUT2D eigenvalue weighted by Crippen LogP contribution is -2.46. The second-order valence-electron chi connectivity index (χ2n) is 5.78. The Morgan fingerprint density at radius 3 is 2.32 bits per heavy atom. The summed E-state index contributed by atoms with van der Waals surface area (Å²) in [5.74, 6) is 0.0213. The minimum absolute atomic E-state index is 0.151. The van der Waals surface area contributed by atoms with Gasteiger partial charge in [-0.2, -0.15) is 0 Å². The van der Waals surface area contributed by atoms with E-state index in [1.54, 1.807) is 14.2 Å². The summed E-state index contributed by atoms with van der Waals surface area (Å²) < 4.78 is 10.8. The first-order valence-corrected chi connectivity index (χ1v) is 7.85. The highest BCUT2D eigenvalue weighted by molar-refractivity contribution is 5.87. The van der Waals surface area contributed by atoms with E-state index in [1.165, 1.54) is 0 Å². The summed E-state index contributed by atoms with van der Waals surface area (Å²) >= 11 is 0. The molecule has 122 valence electrons. The molecule has 2 rings (SSSR count). The number of methoxy groups -OCH3 is 2. The lowest BCUT2D eigenvalue weighted by Gasteiger charge is -2.32. The topological polar surface area (TPSA) is 64.6 Å². The zero-order valence-corrected chi connectivity index (χ0v) is 13.3. The monoisotopic (exact) mass is 307 g/mol. The molecule has 0 saturated carbocycles. The molecule has 3 atom stereocenters. The molecule has 0 spiro atoms. The number of carbonyl (C=O) groups excluding carboxylic acids is 2. The molecule has 3 unspecified atom stereocenters. The Hall–Kier alpha value is -1.30. The number of ether oxygens (including phenoxy) is 2. The van der Waals surface area contributed by atoms with E-state index in [0.717, 1.165) is 12.8 Å². The zero-order valence-electron chi connectivity index (χ0n) is 13.3. The number of rotatable bonds is 7. The maximum atomic E-state index is 12.2. The standard InChI is InChI=1S/C17H25NO4/c1-21-17(22-2)13(12-7-3-5-9-15(12)19)11-18-14-8-4-6-10-16(14)20/h3-4,7-8,12-14,17-18H,5-6,9-11H2,1-2H3. The van der Waals surface area contributed by atoms with Gasteiger partial charge in [-0.1, -0.05) is 24.3 Å². The summed E-state index contributed by atoms with van der Waals surface area (Å²) in [6, 6.07) is -0.270. The Bertz CT molecular complexity index is 454. The van der Waals surface area contributed by atoms with Crippen LogP contribution in [-0.2, 0) is 19.1 Å². The van der Waals surface area contributed by atoms with E-state index in [1.807, 2.05) is 24.3 Å². The number of carbonyl (C=O) groups is 2. The van der Waals surface area contributed by atoms with Crippen molar-refractivity contribution in [1.82, 2.24) is 5.32 Å². The van der Waals surface area contributed by atoms with Crippen LogP contribution >= 0.6 is 0 Å². The number of allylic oxidation sites excluding steroid dienone is 3. The highest BCUT2D eigenvalue weighted by atomic mass is 16.7. The van der Waals surface area contributed by atoms with Gasteiger partial charge in [-0.25, -0.2) is 0 Å². The molecular formula is C17H25NO4. The van der Waals surface area contributed by atoms with Crippen molar-refractivity contribution in [2.24, 2.45) is 11.8 Å². The first-order chi connectivity index (χ1) is 10.7. The van der Waals surface area contributed by atoms with Gasteiger partial charge < -0.3 is 14.8 Å². The number of hydrogen-bond donors (Lipinski definition) is 1. The lowest BCUT2D eigenvalue weighted by molar-refractivity contribution is -0.153. The van der Waals surface area contributed by atoms with Gasteiger partial charge in [0.25, 0.3) is 0 Å². The molecule has 2 aliphatic rings. The van der Waals surface area contributed by atoms with Crippen molar-refractivity contribution >= 4 is 11.6 Å². The van der Waals surface area contributed by atoms with Crippen LogP contribution in [0, 0.1) is 11.8 Å². The molecule has 0 bridgehead atoms. The largest absolute Gasteiger partial charge is 0.356 e. The molecule has 1 N–H and O–H groups in total. The molecule has 0 fully saturated rings. The average Bonchev–Trinajstić information content (AvgIpc) is 2.54. The Kier molecular flexibility index (Phi) is 6.49. The smallest absolute Gasteiger partial charge is 0.161 e. The molecule has 5 heteroatoms. The summed E-state index contributed by atoms with van der Waals surface area (Å²) in [5.41, 5.74) is 0. The van der Waals surface area contributed by atoms with Crippen molar-refractivity contribution in [3.8, 4) is 0 Å². The molecular weight excluding hydrogens is 282 g/mol. The minimum Gasteiger partial charge on any atom is -0.356 e. The van der Waals surface area contributed by atoms with Gasteiger partial charge in [0.2, 0.25) is 0 Å². The number of nitrogens with one attached hydrogen (secondary N) is 1. The molecule has 5 nitrogen and oxygen atoms in total. The van der Waals surface area contributed by atoms with Crippen molar-refractivity contribution in [2.75, 3.05) is 20.8 Å². The Labute approximate surface area is 131 Å². The molecule has 0 aromatic heterocycles. The van der Waals surface area contributed by atoms with E-state index in [-0.39, 0.29) is 29.4 Å². The van der Waals surface area contributed by atoms with E-state index in [4.69, 9.17) is 9.47 Å². The lowest BCUT2D eigenvalue weighted by atomic mass is 9.82. The quantitative estimate of drug-likeness (QED) is 0.572. The van der Waals surface area contributed by atoms with E-state index >= 15 is 0 Å². The van der Waals surface area contributed by atoms with E-state index < -0.39 is 6.29 Å². The normalized spacial score (nSPS) is 26.7. The molecule has 22 heavy (non-hydrogen) atoms. The maximum absolute atomic E-state index is 12.2. The summed E-state index contributed by atoms with van der Waals surface area (Å²) in [6.07, 6.45) is 10.1. The van der Waals surface area contributed by atoms with Crippen LogP contribution in [0.25, 0.3) is 0 Å². The van der Waals surface area contributed by atoms with Crippen molar-refractivity contribution in [2.45, 2.75) is 38.0 Å². The van der Waals surface area contributed by atoms with Crippen LogP contribution in [-0.4, -0.2) is 44.7 Å². The fourth-order valence-corrected chi connectivity index (χ4v) is 3.13. The molecule has 0 amide bonds. The van der Waals surface area contributed by atoms with Gasteiger partial charge in [-0.05, 0) is 12.8 Å². The van der Waals surface area contributed by atoms with E-state index in [0.29, 0.717) is 19.4 Å². The van der Waals surface area contributed by atoms with Gasteiger partial charge >= 0.3 is 0 Å². The fraction of sp³-hybridized carbons (Fsp3) is 0.647. The van der Waals surface area contributed by atoms with Gasteiger partial charge in [0.05, 0.1) is 6.04 Å². The Balaban J connectivity index is 2.07. The second-order valence-corrected chi connectivity index (χ2v) is 5.78. The third-order valence-corrected chi connectivity index (χ3v) is 4.35. The second kappa shape index (κ2) is 8.36. The van der Waals surface area contributed by atoms with Crippen molar-refractivity contribution < 1.29 is 19.1 Å². The van der Waals surface area contributed by atoms with Gasteiger partial charge in [0.15, 0.2) is 12.1 Å². The van der Waals surface area contributed by atoms with Gasteiger partial charge in [0, 0.05) is 45.4 Å². The van der Waals surface area contributed by atoms with Crippen LogP contribution < -0.4 is 5.32 Å². The SMILES string of the molecule is COC(OC)C(CNC1C=CCCC1=O)C1C=CCCC1=O. The van der Waals surface area contributed by atoms with Crippen LogP contribution in [0.4, 0.5) is 0 Å². The van der Waals surface area contributed by atoms with Crippen LogP contribution in [0.3, 0.4) is 0 Å². The third kappa shape index (κ3) is 4.12. The highest BCUT2D eigenvalue weighted by Gasteiger charge is 2.34. The Morgan fingerprint density at radius 1 is 1.09 bits per heavy atom. The van der Waals surface area contributed by atoms with Crippen LogP contribution in [0.15, 0.2) is 24.3 Å². The summed E-state index contributed by atoms with van der Waals surface area (Å²) in [7, 11) is 3.15. The molecule has 0 aromatic rings. The number of Topliss-reactive ketones (excluding diaryl/α,β-unsaturated/α-hetero) is 2. The molecule has 0 radical (unpaired) electrons.